The summed E-state index contributed by atoms with van der Waals surface area (Å²) in [6.07, 6.45) is 0. The van der Waals surface area contributed by atoms with E-state index >= 15 is 0 Å². The Balaban J connectivity index is 2.12. The van der Waals surface area contributed by atoms with Gasteiger partial charge in [0.25, 0.3) is 0 Å². The molecular formula is C14H14N2O5. The fraction of sp³-hybridized carbons (Fsp3) is 0.214. The second-order valence-corrected chi connectivity index (χ2v) is 4.32. The Morgan fingerprint density at radius 2 is 2.14 bits per heavy atom. The lowest BCUT2D eigenvalue weighted by Crippen LogP contribution is -2.07. The number of esters is 1. The highest BCUT2D eigenvalue weighted by molar-refractivity contribution is 5.92. The molecule has 7 nitrogen and oxygen atoms in total. The number of anilines is 1. The van der Waals surface area contributed by atoms with E-state index in [-0.39, 0.29) is 12.4 Å². The molecule has 1 aromatic carbocycles. The zero-order valence-corrected chi connectivity index (χ0v) is 11.6. The number of hydrogen-bond acceptors (Lipinski definition) is 6. The van der Waals surface area contributed by atoms with Crippen LogP contribution >= 0.6 is 0 Å². The van der Waals surface area contributed by atoms with Crippen LogP contribution in [0, 0.1) is 17.0 Å². The van der Waals surface area contributed by atoms with Crippen molar-refractivity contribution in [3.05, 3.63) is 57.3 Å². The number of methoxy groups -OCH3 is 1. The van der Waals surface area contributed by atoms with Crippen molar-refractivity contribution in [2.45, 2.75) is 13.5 Å². The first kappa shape index (κ1) is 14.6. The first-order valence-corrected chi connectivity index (χ1v) is 6.18. The van der Waals surface area contributed by atoms with Gasteiger partial charge < -0.3 is 14.5 Å². The molecule has 0 unspecified atom stereocenters. The number of nitro groups is 1. The van der Waals surface area contributed by atoms with Crippen LogP contribution in [0.3, 0.4) is 0 Å². The standard InChI is InChI=1S/C14H14N2O5/c1-9-11(14(17)20-2)4-3-5-12(9)15-8-10-6-7-13(21-10)16(18)19/h3-7,15H,8H2,1-2H3. The zero-order chi connectivity index (χ0) is 15.4. The third-order valence-corrected chi connectivity index (χ3v) is 3.02. The van der Waals surface area contributed by atoms with Crippen LogP contribution in [-0.2, 0) is 11.3 Å². The zero-order valence-electron chi connectivity index (χ0n) is 11.6. The Morgan fingerprint density at radius 3 is 2.76 bits per heavy atom. The number of carbonyl (C=O) groups is 1. The lowest BCUT2D eigenvalue weighted by atomic mass is 10.1. The molecule has 0 amide bonds. The highest BCUT2D eigenvalue weighted by Gasteiger charge is 2.14. The highest BCUT2D eigenvalue weighted by Crippen LogP contribution is 2.22. The van der Waals surface area contributed by atoms with Crippen molar-refractivity contribution in [1.82, 2.24) is 0 Å². The molecular weight excluding hydrogens is 276 g/mol. The van der Waals surface area contributed by atoms with E-state index in [2.05, 4.69) is 5.32 Å². The highest BCUT2D eigenvalue weighted by atomic mass is 16.6. The summed E-state index contributed by atoms with van der Waals surface area (Å²) >= 11 is 0. The van der Waals surface area contributed by atoms with Crippen molar-refractivity contribution < 1.29 is 18.9 Å². The van der Waals surface area contributed by atoms with Gasteiger partial charge in [-0.1, -0.05) is 6.07 Å². The second-order valence-electron chi connectivity index (χ2n) is 4.32. The summed E-state index contributed by atoms with van der Waals surface area (Å²) in [5.41, 5.74) is 1.94. The Hall–Kier alpha value is -2.83. The molecule has 0 radical (unpaired) electrons. The average Bonchev–Trinajstić information content (AvgIpc) is 2.94. The molecule has 0 aliphatic heterocycles. The molecule has 1 aromatic heterocycles. The maximum absolute atomic E-state index is 11.6. The maximum Gasteiger partial charge on any atom is 0.433 e. The van der Waals surface area contributed by atoms with Crippen molar-refractivity contribution in [3.8, 4) is 0 Å². The summed E-state index contributed by atoms with van der Waals surface area (Å²) in [4.78, 5) is 21.5. The monoisotopic (exact) mass is 290 g/mol. The number of hydrogen-bond donors (Lipinski definition) is 1. The number of benzene rings is 1. The quantitative estimate of drug-likeness (QED) is 0.517. The van der Waals surface area contributed by atoms with E-state index in [1.165, 1.54) is 19.2 Å². The first-order valence-electron chi connectivity index (χ1n) is 6.18. The van der Waals surface area contributed by atoms with E-state index in [4.69, 9.17) is 9.15 Å². The number of ether oxygens (including phenoxy) is 1. The predicted molar refractivity (Wildman–Crippen MR) is 75.2 cm³/mol. The van der Waals surface area contributed by atoms with Crippen LogP contribution in [0.5, 0.6) is 0 Å². The topological polar surface area (TPSA) is 94.6 Å². The van der Waals surface area contributed by atoms with Crippen LogP contribution in [0.25, 0.3) is 0 Å². The molecule has 110 valence electrons. The number of nitrogens with one attached hydrogen (secondary N) is 1. The van der Waals surface area contributed by atoms with Gasteiger partial charge in [-0.2, -0.15) is 0 Å². The Morgan fingerprint density at radius 1 is 1.38 bits per heavy atom. The van der Waals surface area contributed by atoms with E-state index in [1.54, 1.807) is 25.1 Å². The normalized spacial score (nSPS) is 10.2. The van der Waals surface area contributed by atoms with Gasteiger partial charge in [-0.3, -0.25) is 10.1 Å². The van der Waals surface area contributed by atoms with E-state index in [0.717, 1.165) is 11.3 Å². The lowest BCUT2D eigenvalue weighted by molar-refractivity contribution is -0.402. The van der Waals surface area contributed by atoms with Gasteiger partial charge in [-0.15, -0.1) is 0 Å². The molecule has 0 spiro atoms. The fourth-order valence-electron chi connectivity index (χ4n) is 1.90. The van der Waals surface area contributed by atoms with Crippen molar-refractivity contribution in [1.29, 1.82) is 0 Å². The summed E-state index contributed by atoms with van der Waals surface area (Å²) in [5.74, 6) is -0.277. The molecule has 2 aromatic rings. The van der Waals surface area contributed by atoms with Gasteiger partial charge in [-0.25, -0.2) is 4.79 Å². The fourth-order valence-corrected chi connectivity index (χ4v) is 1.90. The van der Waals surface area contributed by atoms with Crippen LogP contribution in [0.1, 0.15) is 21.7 Å². The molecule has 0 aliphatic rings. The van der Waals surface area contributed by atoms with Crippen LogP contribution in [0.2, 0.25) is 0 Å². The minimum atomic E-state index is -0.591. The molecule has 0 saturated heterocycles. The average molecular weight is 290 g/mol. The second kappa shape index (κ2) is 6.08. The SMILES string of the molecule is COC(=O)c1cccc(NCc2ccc([N+](=O)[O-])o2)c1C. The molecule has 0 fully saturated rings. The molecule has 0 saturated carbocycles. The number of carbonyl (C=O) groups excluding carboxylic acids is 1. The number of nitrogens with zero attached hydrogens (tertiary/aromatic N) is 1. The Bertz CT molecular complexity index is 678. The smallest absolute Gasteiger partial charge is 0.433 e. The first-order chi connectivity index (χ1) is 10.0. The van der Waals surface area contributed by atoms with E-state index in [1.807, 2.05) is 0 Å². The minimum absolute atomic E-state index is 0.277. The molecule has 1 heterocycles. The molecule has 0 bridgehead atoms. The van der Waals surface area contributed by atoms with Gasteiger partial charge >= 0.3 is 11.9 Å². The third kappa shape index (κ3) is 3.19. The molecule has 0 atom stereocenters. The maximum atomic E-state index is 11.6. The number of rotatable bonds is 5. The summed E-state index contributed by atoms with van der Waals surface area (Å²) in [7, 11) is 1.32. The van der Waals surface area contributed by atoms with E-state index in [0.29, 0.717) is 11.3 Å². The van der Waals surface area contributed by atoms with Crippen molar-refractivity contribution in [3.63, 3.8) is 0 Å². The van der Waals surface area contributed by atoms with Crippen LogP contribution in [0.15, 0.2) is 34.7 Å². The van der Waals surface area contributed by atoms with Gasteiger partial charge in [0.1, 0.15) is 10.7 Å². The molecule has 0 aliphatic carbocycles. The summed E-state index contributed by atoms with van der Waals surface area (Å²) in [5, 5.41) is 13.6. The molecule has 1 N–H and O–H groups in total. The van der Waals surface area contributed by atoms with Gasteiger partial charge in [0, 0.05) is 5.69 Å². The van der Waals surface area contributed by atoms with Gasteiger partial charge in [0.05, 0.1) is 25.3 Å². The van der Waals surface area contributed by atoms with Gasteiger partial charge in [0.2, 0.25) is 0 Å². The molecule has 7 heteroatoms. The van der Waals surface area contributed by atoms with Gasteiger partial charge in [-0.05, 0) is 30.7 Å². The van der Waals surface area contributed by atoms with Crippen LogP contribution < -0.4 is 5.32 Å². The van der Waals surface area contributed by atoms with Crippen molar-refractivity contribution in [2.24, 2.45) is 0 Å². The van der Waals surface area contributed by atoms with Gasteiger partial charge in [0.15, 0.2) is 0 Å². The van der Waals surface area contributed by atoms with E-state index < -0.39 is 10.9 Å². The van der Waals surface area contributed by atoms with Crippen molar-refractivity contribution >= 4 is 17.5 Å². The number of furan rings is 1. The summed E-state index contributed by atoms with van der Waals surface area (Å²) in [6.45, 7) is 2.07. The van der Waals surface area contributed by atoms with Crippen LogP contribution in [0.4, 0.5) is 11.6 Å². The third-order valence-electron chi connectivity index (χ3n) is 3.02. The lowest BCUT2D eigenvalue weighted by Gasteiger charge is -2.11. The Labute approximate surface area is 120 Å². The van der Waals surface area contributed by atoms with Crippen molar-refractivity contribution in [2.75, 3.05) is 12.4 Å². The Kier molecular flexibility index (Phi) is 4.22. The molecule has 2 rings (SSSR count). The largest absolute Gasteiger partial charge is 0.465 e. The van der Waals surface area contributed by atoms with Crippen LogP contribution in [-0.4, -0.2) is 18.0 Å². The van der Waals surface area contributed by atoms with E-state index in [9.17, 15) is 14.9 Å². The summed E-state index contributed by atoms with van der Waals surface area (Å²) in [6, 6.07) is 8.04. The predicted octanol–water partition coefficient (Wildman–Crippen LogP) is 2.89. The minimum Gasteiger partial charge on any atom is -0.465 e. The molecule has 21 heavy (non-hydrogen) atoms. The summed E-state index contributed by atoms with van der Waals surface area (Å²) < 4.78 is 9.76.